The SMILES string of the molecule is CCNC1CCCCC1N1CCCC1C(C)C. The van der Waals surface area contributed by atoms with Gasteiger partial charge in [0.25, 0.3) is 0 Å². The first-order valence-corrected chi connectivity index (χ1v) is 7.73. The molecule has 1 heterocycles. The van der Waals surface area contributed by atoms with Crippen LogP contribution in [0.4, 0.5) is 0 Å². The third-order valence-corrected chi connectivity index (χ3v) is 4.73. The molecule has 0 radical (unpaired) electrons. The summed E-state index contributed by atoms with van der Waals surface area (Å²) in [6.45, 7) is 9.51. The number of nitrogens with zero attached hydrogens (tertiary/aromatic N) is 1. The predicted molar refractivity (Wildman–Crippen MR) is 74.3 cm³/mol. The summed E-state index contributed by atoms with van der Waals surface area (Å²) >= 11 is 0. The van der Waals surface area contributed by atoms with Gasteiger partial charge in [0.05, 0.1) is 0 Å². The number of rotatable bonds is 4. The van der Waals surface area contributed by atoms with Crippen molar-refractivity contribution in [3.8, 4) is 0 Å². The molecule has 3 unspecified atom stereocenters. The quantitative estimate of drug-likeness (QED) is 0.810. The van der Waals surface area contributed by atoms with Crippen LogP contribution in [0, 0.1) is 5.92 Å². The zero-order valence-electron chi connectivity index (χ0n) is 11.9. The van der Waals surface area contributed by atoms with E-state index in [9.17, 15) is 0 Å². The van der Waals surface area contributed by atoms with Gasteiger partial charge in [-0.25, -0.2) is 0 Å². The van der Waals surface area contributed by atoms with Crippen LogP contribution in [-0.4, -0.2) is 36.1 Å². The highest BCUT2D eigenvalue weighted by Gasteiger charge is 2.37. The maximum absolute atomic E-state index is 3.73. The van der Waals surface area contributed by atoms with Gasteiger partial charge in [-0.15, -0.1) is 0 Å². The highest BCUT2D eigenvalue weighted by molar-refractivity contribution is 4.94. The predicted octanol–water partition coefficient (Wildman–Crippen LogP) is 3.03. The maximum atomic E-state index is 3.73. The fourth-order valence-corrected chi connectivity index (χ4v) is 3.95. The Labute approximate surface area is 107 Å². The summed E-state index contributed by atoms with van der Waals surface area (Å²) in [6, 6.07) is 2.42. The second kappa shape index (κ2) is 6.19. The number of hydrogen-bond donors (Lipinski definition) is 1. The van der Waals surface area contributed by atoms with Crippen molar-refractivity contribution in [2.24, 2.45) is 5.92 Å². The normalized spacial score (nSPS) is 35.6. The van der Waals surface area contributed by atoms with Gasteiger partial charge in [0.2, 0.25) is 0 Å². The molecule has 1 N–H and O–H groups in total. The molecule has 1 saturated carbocycles. The van der Waals surface area contributed by atoms with Crippen LogP contribution in [0.3, 0.4) is 0 Å². The lowest BCUT2D eigenvalue weighted by molar-refractivity contribution is 0.0899. The summed E-state index contributed by atoms with van der Waals surface area (Å²) in [5, 5.41) is 3.73. The van der Waals surface area contributed by atoms with Crippen LogP contribution in [0.25, 0.3) is 0 Å². The van der Waals surface area contributed by atoms with E-state index in [2.05, 4.69) is 31.0 Å². The third kappa shape index (κ3) is 3.03. The summed E-state index contributed by atoms with van der Waals surface area (Å²) < 4.78 is 0. The first kappa shape index (κ1) is 13.4. The molecule has 0 amide bonds. The minimum atomic E-state index is 0.757. The van der Waals surface area contributed by atoms with Crippen LogP contribution in [0.5, 0.6) is 0 Å². The summed E-state index contributed by atoms with van der Waals surface area (Å²) in [6.07, 6.45) is 8.51. The molecular weight excluding hydrogens is 208 g/mol. The Morgan fingerprint density at radius 2 is 1.88 bits per heavy atom. The topological polar surface area (TPSA) is 15.3 Å². The average molecular weight is 238 g/mol. The molecule has 2 rings (SSSR count). The third-order valence-electron chi connectivity index (χ3n) is 4.73. The van der Waals surface area contributed by atoms with Crippen LogP contribution in [0.15, 0.2) is 0 Å². The summed E-state index contributed by atoms with van der Waals surface area (Å²) in [5.41, 5.74) is 0. The number of hydrogen-bond acceptors (Lipinski definition) is 2. The molecular formula is C15H30N2. The molecule has 1 aliphatic heterocycles. The fourth-order valence-electron chi connectivity index (χ4n) is 3.95. The summed E-state index contributed by atoms with van der Waals surface area (Å²) in [7, 11) is 0. The van der Waals surface area contributed by atoms with Crippen molar-refractivity contribution >= 4 is 0 Å². The minimum absolute atomic E-state index is 0.757. The molecule has 0 aromatic heterocycles. The van der Waals surface area contributed by atoms with Gasteiger partial charge in [-0.3, -0.25) is 4.90 Å². The Hall–Kier alpha value is -0.0800. The van der Waals surface area contributed by atoms with Gasteiger partial charge in [0.15, 0.2) is 0 Å². The first-order chi connectivity index (χ1) is 8.24. The Morgan fingerprint density at radius 3 is 2.59 bits per heavy atom. The van der Waals surface area contributed by atoms with Crippen molar-refractivity contribution in [1.29, 1.82) is 0 Å². The molecule has 1 saturated heterocycles. The van der Waals surface area contributed by atoms with Gasteiger partial charge in [0.1, 0.15) is 0 Å². The number of likely N-dealkylation sites (tertiary alicyclic amines) is 1. The molecule has 2 heteroatoms. The molecule has 1 aliphatic carbocycles. The van der Waals surface area contributed by atoms with Crippen molar-refractivity contribution in [3.63, 3.8) is 0 Å². The minimum Gasteiger partial charge on any atom is -0.313 e. The van der Waals surface area contributed by atoms with Gasteiger partial charge in [0, 0.05) is 18.1 Å². The second-order valence-corrected chi connectivity index (χ2v) is 6.21. The van der Waals surface area contributed by atoms with Gasteiger partial charge in [-0.05, 0) is 44.7 Å². The first-order valence-electron chi connectivity index (χ1n) is 7.73. The highest BCUT2D eigenvalue weighted by atomic mass is 15.2. The maximum Gasteiger partial charge on any atom is 0.0252 e. The molecule has 0 bridgehead atoms. The molecule has 17 heavy (non-hydrogen) atoms. The molecule has 0 aromatic carbocycles. The zero-order chi connectivity index (χ0) is 12.3. The number of likely N-dealkylation sites (N-methyl/N-ethyl adjacent to an activating group) is 1. The van der Waals surface area contributed by atoms with Crippen LogP contribution >= 0.6 is 0 Å². The molecule has 2 fully saturated rings. The van der Waals surface area contributed by atoms with E-state index in [0.717, 1.165) is 30.6 Å². The van der Waals surface area contributed by atoms with Crippen LogP contribution < -0.4 is 5.32 Å². The van der Waals surface area contributed by atoms with Crippen molar-refractivity contribution in [1.82, 2.24) is 10.2 Å². The molecule has 2 nitrogen and oxygen atoms in total. The van der Waals surface area contributed by atoms with E-state index >= 15 is 0 Å². The van der Waals surface area contributed by atoms with Crippen LogP contribution in [0.2, 0.25) is 0 Å². The summed E-state index contributed by atoms with van der Waals surface area (Å²) in [5.74, 6) is 0.821. The van der Waals surface area contributed by atoms with E-state index in [4.69, 9.17) is 0 Å². The Balaban J connectivity index is 2.02. The standard InChI is InChI=1S/C15H30N2/c1-4-16-13-8-5-6-9-15(13)17-11-7-10-14(17)12(2)3/h12-16H,4-11H2,1-3H3. The lowest BCUT2D eigenvalue weighted by atomic mass is 9.87. The number of nitrogens with one attached hydrogen (secondary N) is 1. The molecule has 0 aromatic rings. The van der Waals surface area contributed by atoms with E-state index in [-0.39, 0.29) is 0 Å². The molecule has 3 atom stereocenters. The molecule has 2 aliphatic rings. The van der Waals surface area contributed by atoms with Crippen molar-refractivity contribution < 1.29 is 0 Å². The van der Waals surface area contributed by atoms with Crippen molar-refractivity contribution in [2.75, 3.05) is 13.1 Å². The Bertz CT molecular complexity index is 225. The van der Waals surface area contributed by atoms with E-state index in [1.54, 1.807) is 0 Å². The second-order valence-electron chi connectivity index (χ2n) is 6.21. The van der Waals surface area contributed by atoms with Crippen LogP contribution in [0.1, 0.15) is 59.3 Å². The molecule has 0 spiro atoms. The smallest absolute Gasteiger partial charge is 0.0252 e. The van der Waals surface area contributed by atoms with E-state index in [1.165, 1.54) is 45.1 Å². The largest absolute Gasteiger partial charge is 0.313 e. The summed E-state index contributed by atoms with van der Waals surface area (Å²) in [4.78, 5) is 2.84. The van der Waals surface area contributed by atoms with Gasteiger partial charge in [-0.2, -0.15) is 0 Å². The lowest BCUT2D eigenvalue weighted by Gasteiger charge is -2.42. The van der Waals surface area contributed by atoms with E-state index < -0.39 is 0 Å². The Morgan fingerprint density at radius 1 is 1.12 bits per heavy atom. The highest BCUT2D eigenvalue weighted by Crippen LogP contribution is 2.32. The van der Waals surface area contributed by atoms with Crippen molar-refractivity contribution in [3.05, 3.63) is 0 Å². The van der Waals surface area contributed by atoms with Gasteiger partial charge >= 0.3 is 0 Å². The average Bonchev–Trinajstić information content (AvgIpc) is 2.79. The fraction of sp³-hybridized carbons (Fsp3) is 1.00. The molecule has 100 valence electrons. The zero-order valence-corrected chi connectivity index (χ0v) is 11.9. The van der Waals surface area contributed by atoms with E-state index in [1.807, 2.05) is 0 Å². The van der Waals surface area contributed by atoms with Crippen molar-refractivity contribution in [2.45, 2.75) is 77.4 Å². The monoisotopic (exact) mass is 238 g/mol. The Kier molecular flexibility index (Phi) is 4.87. The van der Waals surface area contributed by atoms with Crippen LogP contribution in [-0.2, 0) is 0 Å². The van der Waals surface area contributed by atoms with E-state index in [0.29, 0.717) is 0 Å². The lowest BCUT2D eigenvalue weighted by Crippen LogP contribution is -2.54. The van der Waals surface area contributed by atoms with Gasteiger partial charge < -0.3 is 5.32 Å². The van der Waals surface area contributed by atoms with Gasteiger partial charge in [-0.1, -0.05) is 33.6 Å².